The maximum atomic E-state index is 6.40. The van der Waals surface area contributed by atoms with Gasteiger partial charge < -0.3 is 10.1 Å². The molecule has 4 heteroatoms. The molecule has 1 N–H and O–H groups in total. The molecule has 1 unspecified atom stereocenters. The van der Waals surface area contributed by atoms with E-state index in [2.05, 4.69) is 34.2 Å². The molecule has 1 saturated heterocycles. The van der Waals surface area contributed by atoms with Crippen molar-refractivity contribution in [3.8, 4) is 0 Å². The normalized spacial score (nSPS) is 18.5. The monoisotopic (exact) mass is 345 g/mol. The zero-order chi connectivity index (χ0) is 13.7. The highest BCUT2D eigenvalue weighted by Crippen LogP contribution is 2.35. The Morgan fingerprint density at radius 1 is 1.42 bits per heavy atom. The summed E-state index contributed by atoms with van der Waals surface area (Å²) < 4.78 is 6.56. The van der Waals surface area contributed by atoms with Crippen LogP contribution in [0.5, 0.6) is 0 Å². The lowest BCUT2D eigenvalue weighted by atomic mass is 9.87. The van der Waals surface area contributed by atoms with Crippen LogP contribution in [0, 0.1) is 5.92 Å². The number of hydrogen-bond donors (Lipinski definition) is 1. The third-order valence-electron chi connectivity index (χ3n) is 3.64. The Morgan fingerprint density at radius 2 is 2.16 bits per heavy atom. The van der Waals surface area contributed by atoms with Crippen molar-refractivity contribution in [2.45, 2.75) is 32.2 Å². The first kappa shape index (κ1) is 15.3. The minimum atomic E-state index is 0.328. The van der Waals surface area contributed by atoms with Gasteiger partial charge in [-0.1, -0.05) is 34.5 Å². The molecule has 1 aromatic rings. The average molecular weight is 347 g/mol. The van der Waals surface area contributed by atoms with Crippen molar-refractivity contribution >= 4 is 27.5 Å². The maximum absolute atomic E-state index is 6.40. The Hall–Kier alpha value is -0.0900. The van der Waals surface area contributed by atoms with Gasteiger partial charge >= 0.3 is 0 Å². The van der Waals surface area contributed by atoms with Crippen molar-refractivity contribution in [3.63, 3.8) is 0 Å². The van der Waals surface area contributed by atoms with E-state index in [0.717, 1.165) is 48.5 Å². The summed E-state index contributed by atoms with van der Waals surface area (Å²) in [5.41, 5.74) is 1.20. The van der Waals surface area contributed by atoms with Crippen LogP contribution >= 0.6 is 27.5 Å². The second-order valence-electron chi connectivity index (χ2n) is 5.05. The van der Waals surface area contributed by atoms with E-state index >= 15 is 0 Å². The van der Waals surface area contributed by atoms with Crippen molar-refractivity contribution in [2.75, 3.05) is 19.8 Å². The highest BCUT2D eigenvalue weighted by molar-refractivity contribution is 9.10. The molecule has 0 amide bonds. The predicted molar refractivity (Wildman–Crippen MR) is 83.7 cm³/mol. The van der Waals surface area contributed by atoms with Gasteiger partial charge in [-0.2, -0.15) is 0 Å². The van der Waals surface area contributed by atoms with Crippen molar-refractivity contribution < 1.29 is 4.74 Å². The minimum absolute atomic E-state index is 0.328. The lowest BCUT2D eigenvalue weighted by molar-refractivity contribution is 0.0536. The van der Waals surface area contributed by atoms with E-state index in [1.54, 1.807) is 0 Å². The quantitative estimate of drug-likeness (QED) is 0.843. The first-order valence-corrected chi connectivity index (χ1v) is 8.15. The van der Waals surface area contributed by atoms with E-state index < -0.39 is 0 Å². The SMILES string of the molecule is CCCNC(c1cc(Br)ccc1Cl)C1CCOCC1. The first-order chi connectivity index (χ1) is 9.22. The Kier molecular flexibility index (Phi) is 6.14. The summed E-state index contributed by atoms with van der Waals surface area (Å²) in [5.74, 6) is 0.604. The molecule has 0 saturated carbocycles. The number of rotatable bonds is 5. The molecule has 1 atom stereocenters. The van der Waals surface area contributed by atoms with Gasteiger partial charge in [-0.15, -0.1) is 0 Å². The number of nitrogens with one attached hydrogen (secondary N) is 1. The fourth-order valence-electron chi connectivity index (χ4n) is 2.63. The molecular formula is C15H21BrClNO. The van der Waals surface area contributed by atoms with Crippen LogP contribution in [-0.4, -0.2) is 19.8 Å². The Balaban J connectivity index is 2.22. The van der Waals surface area contributed by atoms with E-state index in [1.807, 2.05) is 12.1 Å². The molecule has 1 aliphatic rings. The largest absolute Gasteiger partial charge is 0.381 e. The van der Waals surface area contributed by atoms with Crippen LogP contribution in [0.3, 0.4) is 0 Å². The van der Waals surface area contributed by atoms with Crippen LogP contribution < -0.4 is 5.32 Å². The van der Waals surface area contributed by atoms with Gasteiger partial charge in [-0.3, -0.25) is 0 Å². The lowest BCUT2D eigenvalue weighted by Gasteiger charge is -2.32. The minimum Gasteiger partial charge on any atom is -0.381 e. The molecule has 0 aromatic heterocycles. The molecule has 106 valence electrons. The second-order valence-corrected chi connectivity index (χ2v) is 6.37. The summed E-state index contributed by atoms with van der Waals surface area (Å²) in [6, 6.07) is 6.44. The Labute approximate surface area is 129 Å². The zero-order valence-electron chi connectivity index (χ0n) is 11.3. The van der Waals surface area contributed by atoms with E-state index in [4.69, 9.17) is 16.3 Å². The van der Waals surface area contributed by atoms with Gasteiger partial charge in [0.25, 0.3) is 0 Å². The van der Waals surface area contributed by atoms with Gasteiger partial charge in [-0.25, -0.2) is 0 Å². The average Bonchev–Trinajstić information content (AvgIpc) is 2.44. The van der Waals surface area contributed by atoms with Crippen molar-refractivity contribution in [2.24, 2.45) is 5.92 Å². The molecule has 2 rings (SSSR count). The number of benzene rings is 1. The summed E-state index contributed by atoms with van der Waals surface area (Å²) in [6.45, 7) is 4.93. The topological polar surface area (TPSA) is 21.3 Å². The lowest BCUT2D eigenvalue weighted by Crippen LogP contribution is -2.32. The highest BCUT2D eigenvalue weighted by atomic mass is 79.9. The summed E-state index contributed by atoms with van der Waals surface area (Å²) in [5, 5.41) is 4.51. The zero-order valence-corrected chi connectivity index (χ0v) is 13.6. The van der Waals surface area contributed by atoms with Crippen LogP contribution in [0.25, 0.3) is 0 Å². The molecule has 0 bridgehead atoms. The molecule has 19 heavy (non-hydrogen) atoms. The van der Waals surface area contributed by atoms with Gasteiger partial charge in [-0.05, 0) is 55.5 Å². The van der Waals surface area contributed by atoms with Crippen molar-refractivity contribution in [1.82, 2.24) is 5.32 Å². The molecular weight excluding hydrogens is 326 g/mol. The fourth-order valence-corrected chi connectivity index (χ4v) is 3.25. The third kappa shape index (κ3) is 4.19. The summed E-state index contributed by atoms with van der Waals surface area (Å²) >= 11 is 9.94. The summed E-state index contributed by atoms with van der Waals surface area (Å²) in [7, 11) is 0. The van der Waals surface area contributed by atoms with Crippen LogP contribution in [0.4, 0.5) is 0 Å². The summed E-state index contributed by atoms with van der Waals surface area (Å²) in [6.07, 6.45) is 3.33. The molecule has 1 aliphatic heterocycles. The molecule has 0 spiro atoms. The highest BCUT2D eigenvalue weighted by Gasteiger charge is 2.26. The number of ether oxygens (including phenoxy) is 1. The number of halogens is 2. The predicted octanol–water partition coefficient (Wildman–Crippen LogP) is 4.57. The molecule has 1 aromatic carbocycles. The molecule has 0 aliphatic carbocycles. The standard InChI is InChI=1S/C15H21BrClNO/c1-2-7-18-15(11-5-8-19-9-6-11)13-10-12(16)3-4-14(13)17/h3-4,10-11,15,18H,2,5-9H2,1H3. The van der Waals surface area contributed by atoms with Crippen LogP contribution in [0.2, 0.25) is 5.02 Å². The second kappa shape index (κ2) is 7.63. The van der Waals surface area contributed by atoms with Gasteiger partial charge in [0.1, 0.15) is 0 Å². The maximum Gasteiger partial charge on any atom is 0.0469 e. The molecule has 2 nitrogen and oxygen atoms in total. The van der Waals surface area contributed by atoms with E-state index in [0.29, 0.717) is 12.0 Å². The van der Waals surface area contributed by atoms with Crippen LogP contribution in [-0.2, 0) is 4.74 Å². The smallest absolute Gasteiger partial charge is 0.0469 e. The van der Waals surface area contributed by atoms with E-state index in [-0.39, 0.29) is 0 Å². The molecule has 1 heterocycles. The van der Waals surface area contributed by atoms with Crippen LogP contribution in [0.1, 0.15) is 37.8 Å². The van der Waals surface area contributed by atoms with Crippen molar-refractivity contribution in [1.29, 1.82) is 0 Å². The number of hydrogen-bond acceptors (Lipinski definition) is 2. The fraction of sp³-hybridized carbons (Fsp3) is 0.600. The Bertz CT molecular complexity index is 407. The van der Waals surface area contributed by atoms with Crippen LogP contribution in [0.15, 0.2) is 22.7 Å². The Morgan fingerprint density at radius 3 is 2.84 bits per heavy atom. The van der Waals surface area contributed by atoms with E-state index in [9.17, 15) is 0 Å². The molecule has 0 radical (unpaired) electrons. The van der Waals surface area contributed by atoms with E-state index in [1.165, 1.54) is 5.56 Å². The van der Waals surface area contributed by atoms with Gasteiger partial charge in [0.2, 0.25) is 0 Å². The first-order valence-electron chi connectivity index (χ1n) is 6.98. The summed E-state index contributed by atoms with van der Waals surface area (Å²) in [4.78, 5) is 0. The molecule has 1 fully saturated rings. The van der Waals surface area contributed by atoms with Crippen molar-refractivity contribution in [3.05, 3.63) is 33.3 Å². The van der Waals surface area contributed by atoms with Gasteiger partial charge in [0.15, 0.2) is 0 Å². The van der Waals surface area contributed by atoms with Gasteiger partial charge in [0, 0.05) is 28.8 Å². The third-order valence-corrected chi connectivity index (χ3v) is 4.48. The van der Waals surface area contributed by atoms with Gasteiger partial charge in [0.05, 0.1) is 0 Å².